The molecule has 0 saturated heterocycles. The molecule has 2 N–H and O–H groups in total. The number of hydrazone groups is 1. The summed E-state index contributed by atoms with van der Waals surface area (Å²) in [7, 11) is 1.34. The van der Waals surface area contributed by atoms with E-state index in [1.165, 1.54) is 26.3 Å². The second kappa shape index (κ2) is 14.3. The van der Waals surface area contributed by atoms with Gasteiger partial charge in [0.25, 0.3) is 11.8 Å². The third kappa shape index (κ3) is 8.42. The lowest BCUT2D eigenvalue weighted by Crippen LogP contribution is -2.44. The van der Waals surface area contributed by atoms with Gasteiger partial charge >= 0.3 is 6.16 Å². The van der Waals surface area contributed by atoms with Crippen LogP contribution in [-0.4, -0.2) is 48.4 Å². The highest BCUT2D eigenvalue weighted by Crippen LogP contribution is 2.30. The smallest absolute Gasteiger partial charge is 0.493 e. The summed E-state index contributed by atoms with van der Waals surface area (Å²) in [6.07, 6.45) is 0.283. The number of carbonyl (C=O) groups is 3. The minimum Gasteiger partial charge on any atom is -0.493 e. The second-order valence-electron chi connectivity index (χ2n) is 8.89. The molecule has 2 amide bonds. The molecule has 0 spiro atoms. The molecular weight excluding hydrogens is 559 g/mol. The predicted octanol–water partition coefficient (Wildman–Crippen LogP) is 5.26. The SMILES string of the molecule is COc1ccnc(C(=O)N[C@@H](C)C(=O)NN=C(c2ccc(Cl)cc2)c2ccc(Cl)cc2)c1OC(=O)OCC(C)C. The number of hydrogen-bond donors (Lipinski definition) is 2. The van der Waals surface area contributed by atoms with Gasteiger partial charge in [0, 0.05) is 33.4 Å². The number of pyridine rings is 1. The van der Waals surface area contributed by atoms with Crippen LogP contribution in [-0.2, 0) is 9.53 Å². The van der Waals surface area contributed by atoms with Gasteiger partial charge in [-0.3, -0.25) is 9.59 Å². The van der Waals surface area contributed by atoms with E-state index >= 15 is 0 Å². The third-order valence-corrected chi connectivity index (χ3v) is 5.78. The Morgan fingerprint density at radius 1 is 0.925 bits per heavy atom. The van der Waals surface area contributed by atoms with E-state index in [2.05, 4.69) is 20.8 Å². The lowest BCUT2D eigenvalue weighted by molar-refractivity contribution is -0.122. The number of benzene rings is 2. The maximum absolute atomic E-state index is 13.0. The molecule has 0 aliphatic heterocycles. The van der Waals surface area contributed by atoms with E-state index in [1.54, 1.807) is 48.5 Å². The summed E-state index contributed by atoms with van der Waals surface area (Å²) in [5.41, 5.74) is 4.04. The molecule has 0 bridgehead atoms. The molecule has 3 aromatic rings. The molecule has 0 fully saturated rings. The van der Waals surface area contributed by atoms with Gasteiger partial charge in [0.1, 0.15) is 6.04 Å². The molecule has 12 heteroatoms. The highest BCUT2D eigenvalue weighted by atomic mass is 35.5. The van der Waals surface area contributed by atoms with Crippen molar-refractivity contribution >= 4 is 46.9 Å². The van der Waals surface area contributed by atoms with Gasteiger partial charge in [-0.05, 0) is 37.1 Å². The van der Waals surface area contributed by atoms with Crippen molar-refractivity contribution < 1.29 is 28.6 Å². The van der Waals surface area contributed by atoms with E-state index < -0.39 is 24.0 Å². The molecule has 0 radical (unpaired) electrons. The van der Waals surface area contributed by atoms with Crippen LogP contribution in [0.4, 0.5) is 4.79 Å². The van der Waals surface area contributed by atoms with Gasteiger partial charge in [-0.2, -0.15) is 5.10 Å². The van der Waals surface area contributed by atoms with Crippen molar-refractivity contribution in [2.24, 2.45) is 11.0 Å². The topological polar surface area (TPSA) is 128 Å². The Hall–Kier alpha value is -4.15. The number of nitrogens with zero attached hydrogens (tertiary/aromatic N) is 2. The molecule has 10 nitrogen and oxygen atoms in total. The number of nitrogens with one attached hydrogen (secondary N) is 2. The van der Waals surface area contributed by atoms with Crippen LogP contribution < -0.4 is 20.2 Å². The first kappa shape index (κ1) is 30.4. The number of ether oxygens (including phenoxy) is 3. The Morgan fingerprint density at radius 2 is 1.50 bits per heavy atom. The maximum Gasteiger partial charge on any atom is 0.514 e. The zero-order valence-corrected chi connectivity index (χ0v) is 23.7. The van der Waals surface area contributed by atoms with E-state index in [0.29, 0.717) is 26.9 Å². The van der Waals surface area contributed by atoms with Crippen LogP contribution in [0.1, 0.15) is 42.4 Å². The fraction of sp³-hybridized carbons (Fsp3) is 0.250. The van der Waals surface area contributed by atoms with Crippen LogP contribution in [0.5, 0.6) is 11.5 Å². The summed E-state index contributed by atoms with van der Waals surface area (Å²) in [6.45, 7) is 5.31. The van der Waals surface area contributed by atoms with E-state index in [1.807, 2.05) is 13.8 Å². The Kier molecular flexibility index (Phi) is 10.9. The lowest BCUT2D eigenvalue weighted by Gasteiger charge is -2.16. The second-order valence-corrected chi connectivity index (χ2v) is 9.77. The van der Waals surface area contributed by atoms with Gasteiger partial charge in [-0.1, -0.05) is 61.3 Å². The fourth-order valence-corrected chi connectivity index (χ4v) is 3.50. The summed E-state index contributed by atoms with van der Waals surface area (Å²) in [5.74, 6) is -1.48. The Morgan fingerprint density at radius 3 is 2.02 bits per heavy atom. The summed E-state index contributed by atoms with van der Waals surface area (Å²) < 4.78 is 15.5. The van der Waals surface area contributed by atoms with Crippen molar-refractivity contribution in [3.8, 4) is 11.5 Å². The van der Waals surface area contributed by atoms with Gasteiger partial charge in [0.15, 0.2) is 11.4 Å². The molecule has 1 atom stereocenters. The molecular formula is C28H28Cl2N4O6. The number of methoxy groups -OCH3 is 1. The Labute approximate surface area is 241 Å². The average molecular weight is 587 g/mol. The van der Waals surface area contributed by atoms with Gasteiger partial charge in [0.05, 0.1) is 19.4 Å². The van der Waals surface area contributed by atoms with Gasteiger partial charge in [-0.25, -0.2) is 15.2 Å². The third-order valence-electron chi connectivity index (χ3n) is 5.28. The zero-order valence-electron chi connectivity index (χ0n) is 22.2. The first-order valence-corrected chi connectivity index (χ1v) is 12.9. The van der Waals surface area contributed by atoms with E-state index in [-0.39, 0.29) is 29.7 Å². The molecule has 1 aromatic heterocycles. The number of rotatable bonds is 10. The van der Waals surface area contributed by atoms with Gasteiger partial charge in [-0.15, -0.1) is 0 Å². The standard InChI is InChI=1S/C28H28Cl2N4O6/c1-16(2)15-39-28(37)40-25-22(38-4)13-14-31-24(25)27(36)32-17(3)26(35)34-33-23(18-5-9-20(29)10-6-18)19-7-11-21(30)12-8-19/h5-14,16-17H,15H2,1-4H3,(H,32,36)(H,34,35)/t17-/m0/s1. The summed E-state index contributed by atoms with van der Waals surface area (Å²) in [6, 6.07) is 14.2. The monoisotopic (exact) mass is 586 g/mol. The Bertz CT molecular complexity index is 1330. The number of aromatic nitrogens is 1. The Balaban J connectivity index is 1.77. The molecule has 0 aliphatic rings. The maximum atomic E-state index is 13.0. The normalized spacial score (nSPS) is 11.3. The van der Waals surface area contributed by atoms with Crippen molar-refractivity contribution in [3.05, 3.63) is 87.7 Å². The number of carbonyl (C=O) groups excluding carboxylic acids is 3. The number of amides is 2. The largest absolute Gasteiger partial charge is 0.514 e. The van der Waals surface area contributed by atoms with Gasteiger partial charge < -0.3 is 19.5 Å². The summed E-state index contributed by atoms with van der Waals surface area (Å²) in [5, 5.41) is 7.91. The molecule has 2 aromatic carbocycles. The average Bonchev–Trinajstić information content (AvgIpc) is 2.93. The van der Waals surface area contributed by atoms with Crippen LogP contribution in [0.25, 0.3) is 0 Å². The van der Waals surface area contributed by atoms with Crippen molar-refractivity contribution in [2.45, 2.75) is 26.8 Å². The van der Waals surface area contributed by atoms with Crippen molar-refractivity contribution in [1.82, 2.24) is 15.7 Å². The highest BCUT2D eigenvalue weighted by molar-refractivity contribution is 6.31. The molecule has 1 heterocycles. The zero-order chi connectivity index (χ0) is 29.2. The first-order chi connectivity index (χ1) is 19.1. The van der Waals surface area contributed by atoms with Gasteiger partial charge in [0.2, 0.25) is 5.75 Å². The molecule has 3 rings (SSSR count). The van der Waals surface area contributed by atoms with Crippen LogP contribution in [0.2, 0.25) is 10.0 Å². The van der Waals surface area contributed by atoms with Crippen LogP contribution in [0.3, 0.4) is 0 Å². The van der Waals surface area contributed by atoms with E-state index in [4.69, 9.17) is 37.4 Å². The molecule has 210 valence electrons. The van der Waals surface area contributed by atoms with Crippen LogP contribution in [0, 0.1) is 5.92 Å². The summed E-state index contributed by atoms with van der Waals surface area (Å²) in [4.78, 5) is 42.1. The minimum atomic E-state index is -1.05. The molecule has 40 heavy (non-hydrogen) atoms. The van der Waals surface area contributed by atoms with Crippen molar-refractivity contribution in [2.75, 3.05) is 13.7 Å². The number of halogens is 2. The lowest BCUT2D eigenvalue weighted by atomic mass is 10.0. The van der Waals surface area contributed by atoms with E-state index in [9.17, 15) is 14.4 Å². The quantitative estimate of drug-likeness (QED) is 0.188. The van der Waals surface area contributed by atoms with E-state index in [0.717, 1.165) is 0 Å². The van der Waals surface area contributed by atoms with Crippen molar-refractivity contribution in [1.29, 1.82) is 0 Å². The van der Waals surface area contributed by atoms with Crippen molar-refractivity contribution in [3.63, 3.8) is 0 Å². The molecule has 0 unspecified atom stereocenters. The fourth-order valence-electron chi connectivity index (χ4n) is 3.25. The molecule has 0 saturated carbocycles. The highest BCUT2D eigenvalue weighted by Gasteiger charge is 2.25. The number of hydrogen-bond acceptors (Lipinski definition) is 8. The first-order valence-electron chi connectivity index (χ1n) is 12.2. The van der Waals surface area contributed by atoms with Crippen LogP contribution in [0.15, 0.2) is 65.9 Å². The summed E-state index contributed by atoms with van der Waals surface area (Å²) >= 11 is 12.0. The predicted molar refractivity (Wildman–Crippen MR) is 151 cm³/mol. The minimum absolute atomic E-state index is 0.0769. The molecule has 0 aliphatic carbocycles. The van der Waals surface area contributed by atoms with Crippen LogP contribution >= 0.6 is 23.2 Å².